The number of fused-ring (bicyclic) bond motifs is 5. The highest BCUT2D eigenvalue weighted by Gasteiger charge is 2.65. The zero-order valence-electron chi connectivity index (χ0n) is 23.6. The van der Waals surface area contributed by atoms with E-state index in [1.807, 2.05) is 0 Å². The molecule has 4 aliphatic rings. The molecule has 5 heteroatoms. The average molecular weight is 492 g/mol. The number of hydrogen-bond donors (Lipinski definition) is 1. The lowest BCUT2D eigenvalue weighted by molar-refractivity contribution is -0.190. The maximum atomic E-state index is 12.9. The Labute approximate surface area is 214 Å². The molecule has 4 fully saturated rings. The monoisotopic (exact) mass is 491 g/mol. The molecule has 35 heavy (non-hydrogen) atoms. The van der Waals surface area contributed by atoms with Crippen LogP contribution in [0, 0.1) is 46.3 Å². The number of carbonyl (C=O) groups excluding carboxylic acids is 1. The predicted molar refractivity (Wildman–Crippen MR) is 140 cm³/mol. The number of nitrogens with one attached hydrogen (secondary N) is 1. The Hall–Kier alpha value is -0.650. The highest BCUT2D eigenvalue weighted by atomic mass is 16.5. The van der Waals surface area contributed by atoms with Crippen LogP contribution in [0.1, 0.15) is 92.9 Å². The van der Waals surface area contributed by atoms with Crippen molar-refractivity contribution >= 4 is 5.97 Å². The normalized spacial score (nSPS) is 45.0. The summed E-state index contributed by atoms with van der Waals surface area (Å²) in [4.78, 5) is 12.9. The maximum Gasteiger partial charge on any atom is 0.309 e. The molecule has 0 aromatic carbocycles. The smallest absolute Gasteiger partial charge is 0.309 e. The topological polar surface area (TPSA) is 56.8 Å². The summed E-state index contributed by atoms with van der Waals surface area (Å²) < 4.78 is 17.9. The first-order valence-corrected chi connectivity index (χ1v) is 14.7. The van der Waals surface area contributed by atoms with Crippen molar-refractivity contribution in [3.8, 4) is 0 Å². The maximum absolute atomic E-state index is 12.9. The fourth-order valence-electron chi connectivity index (χ4n) is 9.48. The predicted octanol–water partition coefficient (Wildman–Crippen LogP) is 5.85. The van der Waals surface area contributed by atoms with Gasteiger partial charge in [-0.15, -0.1) is 0 Å². The van der Waals surface area contributed by atoms with E-state index in [0.29, 0.717) is 35.6 Å². The Morgan fingerprint density at radius 2 is 1.69 bits per heavy atom. The minimum absolute atomic E-state index is 0.0166. The van der Waals surface area contributed by atoms with Gasteiger partial charge in [-0.05, 0) is 112 Å². The second kappa shape index (κ2) is 11.0. The van der Waals surface area contributed by atoms with E-state index < -0.39 is 0 Å². The minimum Gasteiger partial charge on any atom is -0.469 e. The third-order valence-corrected chi connectivity index (χ3v) is 11.0. The van der Waals surface area contributed by atoms with E-state index in [2.05, 4.69) is 46.9 Å². The van der Waals surface area contributed by atoms with Crippen LogP contribution in [0.3, 0.4) is 0 Å². The molecule has 0 aliphatic heterocycles. The summed E-state index contributed by atoms with van der Waals surface area (Å²) in [5, 5.41) is 4.08. The van der Waals surface area contributed by atoms with Crippen LogP contribution < -0.4 is 5.32 Å². The molecule has 4 aliphatic carbocycles. The average Bonchev–Trinajstić information content (AvgIpc) is 3.15. The molecule has 1 N–H and O–H groups in total. The first-order chi connectivity index (χ1) is 16.7. The number of ether oxygens (including phenoxy) is 3. The summed E-state index contributed by atoms with van der Waals surface area (Å²) in [6.45, 7) is 16.4. The number of rotatable bonds is 9. The van der Waals surface area contributed by atoms with Crippen molar-refractivity contribution in [1.82, 2.24) is 5.32 Å². The molecule has 0 amide bonds. The van der Waals surface area contributed by atoms with Crippen LogP contribution >= 0.6 is 0 Å². The van der Waals surface area contributed by atoms with Gasteiger partial charge in [0.15, 0.2) is 0 Å². The van der Waals surface area contributed by atoms with Crippen molar-refractivity contribution in [2.75, 3.05) is 26.9 Å². The van der Waals surface area contributed by atoms with Crippen LogP contribution in [0.25, 0.3) is 0 Å². The molecule has 5 nitrogen and oxygen atoms in total. The van der Waals surface area contributed by atoms with Crippen molar-refractivity contribution < 1.29 is 19.0 Å². The van der Waals surface area contributed by atoms with Crippen LogP contribution in [-0.4, -0.2) is 51.1 Å². The third-order valence-electron chi connectivity index (χ3n) is 11.0. The Kier molecular flexibility index (Phi) is 8.60. The standard InChI is InChI=1S/C30H53NO4/c1-8-34-25-16-20-10-11-21-22-12-13-23(28(32)33-7)30(22,6)17-24(31-15-14-19(3)4)27(21)29(20,5)18-26(25)35-9-2/h19-27,31H,8-18H2,1-7H3/t20-,21-,22-,23+,24-,25+,26-,27+,29-,30-/m0/s1. The molecule has 202 valence electrons. The van der Waals surface area contributed by atoms with Gasteiger partial charge in [0.1, 0.15) is 0 Å². The lowest BCUT2D eigenvalue weighted by Gasteiger charge is -2.64. The van der Waals surface area contributed by atoms with E-state index in [0.717, 1.165) is 45.4 Å². The molecular weight excluding hydrogens is 438 g/mol. The van der Waals surface area contributed by atoms with E-state index in [4.69, 9.17) is 14.2 Å². The number of hydrogen-bond acceptors (Lipinski definition) is 5. The second-order valence-electron chi connectivity index (χ2n) is 13.1. The molecule has 0 spiro atoms. The Bertz CT molecular complexity index is 727. The van der Waals surface area contributed by atoms with Gasteiger partial charge in [-0.25, -0.2) is 0 Å². The van der Waals surface area contributed by atoms with Crippen LogP contribution in [0.5, 0.6) is 0 Å². The van der Waals surface area contributed by atoms with E-state index in [-0.39, 0.29) is 34.9 Å². The number of carbonyl (C=O) groups is 1. The van der Waals surface area contributed by atoms with Crippen molar-refractivity contribution in [1.29, 1.82) is 0 Å². The Balaban J connectivity index is 1.66. The van der Waals surface area contributed by atoms with E-state index in [9.17, 15) is 4.79 Å². The summed E-state index contributed by atoms with van der Waals surface area (Å²) in [5.74, 6) is 3.37. The van der Waals surface area contributed by atoms with Crippen molar-refractivity contribution in [3.05, 3.63) is 0 Å². The largest absolute Gasteiger partial charge is 0.469 e. The number of esters is 1. The second-order valence-corrected chi connectivity index (χ2v) is 13.1. The van der Waals surface area contributed by atoms with E-state index >= 15 is 0 Å². The first-order valence-electron chi connectivity index (χ1n) is 14.7. The molecule has 0 unspecified atom stereocenters. The SMILES string of the molecule is CCO[C@H]1C[C@@]2(C)[C@@H](CC[C@@H]3[C@@H]2[C@@H](NCCC(C)C)C[C@]2(C)[C@@H](C(=O)OC)CC[C@@H]32)C[C@H]1OCC. The van der Waals surface area contributed by atoms with Gasteiger partial charge in [0.05, 0.1) is 25.2 Å². The Morgan fingerprint density at radius 1 is 0.971 bits per heavy atom. The molecule has 10 atom stereocenters. The summed E-state index contributed by atoms with van der Waals surface area (Å²) in [7, 11) is 1.57. The van der Waals surface area contributed by atoms with Gasteiger partial charge in [-0.2, -0.15) is 0 Å². The third kappa shape index (κ3) is 4.95. The van der Waals surface area contributed by atoms with Gasteiger partial charge < -0.3 is 19.5 Å². The molecule has 4 rings (SSSR count). The molecule has 0 bridgehead atoms. The highest BCUT2D eigenvalue weighted by molar-refractivity contribution is 5.74. The van der Waals surface area contributed by atoms with Gasteiger partial charge in [-0.1, -0.05) is 27.7 Å². The van der Waals surface area contributed by atoms with Gasteiger partial charge in [0, 0.05) is 19.3 Å². The summed E-state index contributed by atoms with van der Waals surface area (Å²) in [5.41, 5.74) is 0.283. The molecule has 0 saturated heterocycles. The molecule has 0 aromatic heterocycles. The Morgan fingerprint density at radius 3 is 2.34 bits per heavy atom. The lowest BCUT2D eigenvalue weighted by Crippen LogP contribution is -2.64. The highest BCUT2D eigenvalue weighted by Crippen LogP contribution is 2.67. The summed E-state index contributed by atoms with van der Waals surface area (Å²) in [6.07, 6.45) is 9.68. The van der Waals surface area contributed by atoms with Gasteiger partial charge in [0.25, 0.3) is 0 Å². The zero-order chi connectivity index (χ0) is 25.4. The molecule has 0 radical (unpaired) electrons. The molecule has 0 heterocycles. The van der Waals surface area contributed by atoms with E-state index in [1.165, 1.54) is 25.7 Å². The van der Waals surface area contributed by atoms with Gasteiger partial charge in [-0.3, -0.25) is 4.79 Å². The quantitative estimate of drug-likeness (QED) is 0.410. The lowest BCUT2D eigenvalue weighted by atomic mass is 9.43. The van der Waals surface area contributed by atoms with E-state index in [1.54, 1.807) is 7.11 Å². The summed E-state index contributed by atoms with van der Waals surface area (Å²) >= 11 is 0. The van der Waals surface area contributed by atoms with Crippen molar-refractivity contribution in [2.45, 2.75) is 111 Å². The zero-order valence-corrected chi connectivity index (χ0v) is 23.6. The molecule has 0 aromatic rings. The number of methoxy groups -OCH3 is 1. The van der Waals surface area contributed by atoms with Crippen LogP contribution in [0.15, 0.2) is 0 Å². The van der Waals surface area contributed by atoms with Crippen LogP contribution in [0.2, 0.25) is 0 Å². The fourth-order valence-corrected chi connectivity index (χ4v) is 9.48. The van der Waals surface area contributed by atoms with Gasteiger partial charge >= 0.3 is 5.97 Å². The molecular formula is C30H53NO4. The van der Waals surface area contributed by atoms with Crippen molar-refractivity contribution in [2.24, 2.45) is 46.3 Å². The van der Waals surface area contributed by atoms with Crippen LogP contribution in [0.4, 0.5) is 0 Å². The van der Waals surface area contributed by atoms with Crippen LogP contribution in [-0.2, 0) is 19.0 Å². The fraction of sp³-hybridized carbons (Fsp3) is 0.967. The molecule has 4 saturated carbocycles. The van der Waals surface area contributed by atoms with Crippen molar-refractivity contribution in [3.63, 3.8) is 0 Å². The minimum atomic E-state index is 0.0166. The first kappa shape index (κ1) is 27.4. The van der Waals surface area contributed by atoms with Gasteiger partial charge in [0.2, 0.25) is 0 Å². The summed E-state index contributed by atoms with van der Waals surface area (Å²) in [6, 6.07) is 0.448.